The Morgan fingerprint density at radius 1 is 1.22 bits per heavy atom. The van der Waals surface area contributed by atoms with E-state index in [9.17, 15) is 5.11 Å². The van der Waals surface area contributed by atoms with Gasteiger partial charge in [0, 0.05) is 6.20 Å². The molecule has 0 saturated heterocycles. The Labute approximate surface area is 108 Å². The molecule has 1 atom stereocenters. The topological polar surface area (TPSA) is 50.9 Å². The highest BCUT2D eigenvalue weighted by atomic mass is 28.3. The monoisotopic (exact) mass is 261 g/mol. The van der Waals surface area contributed by atoms with Crippen LogP contribution in [-0.4, -0.2) is 34.8 Å². The van der Waals surface area contributed by atoms with Gasteiger partial charge in [-0.15, -0.1) is 5.10 Å². The highest BCUT2D eigenvalue weighted by molar-refractivity contribution is 6.88. The van der Waals surface area contributed by atoms with E-state index in [0.717, 1.165) is 10.9 Å². The van der Waals surface area contributed by atoms with Crippen LogP contribution in [0, 0.1) is 0 Å². The second-order valence-corrected chi connectivity index (χ2v) is 10.5. The van der Waals surface area contributed by atoms with Crippen LogP contribution in [0.5, 0.6) is 0 Å². The summed E-state index contributed by atoms with van der Waals surface area (Å²) in [4.78, 5) is 0. The highest BCUT2D eigenvalue weighted by Gasteiger charge is 2.22. The van der Waals surface area contributed by atoms with Gasteiger partial charge in [0.25, 0.3) is 0 Å². The van der Waals surface area contributed by atoms with E-state index in [-0.39, 0.29) is 12.6 Å². The van der Waals surface area contributed by atoms with Gasteiger partial charge in [0.05, 0.1) is 11.9 Å². The van der Waals surface area contributed by atoms with E-state index in [1.54, 1.807) is 4.68 Å². The van der Waals surface area contributed by atoms with Gasteiger partial charge in [-0.3, -0.25) is 0 Å². The van der Waals surface area contributed by atoms with Crippen molar-refractivity contribution in [3.05, 3.63) is 42.1 Å². The molecule has 1 aromatic heterocycles. The molecule has 0 fully saturated rings. The van der Waals surface area contributed by atoms with E-state index in [1.807, 2.05) is 36.5 Å². The van der Waals surface area contributed by atoms with Crippen molar-refractivity contribution < 1.29 is 5.11 Å². The summed E-state index contributed by atoms with van der Waals surface area (Å²) in [5.41, 5.74) is 1.05. The van der Waals surface area contributed by atoms with E-state index in [4.69, 9.17) is 0 Å². The number of rotatable bonds is 4. The van der Waals surface area contributed by atoms with Gasteiger partial charge in [0.2, 0.25) is 0 Å². The van der Waals surface area contributed by atoms with Crippen LogP contribution >= 0.6 is 0 Å². The first-order valence-electron chi connectivity index (χ1n) is 6.10. The van der Waals surface area contributed by atoms with Crippen LogP contribution < -0.4 is 5.32 Å². The molecule has 18 heavy (non-hydrogen) atoms. The zero-order valence-electron chi connectivity index (χ0n) is 11.0. The van der Waals surface area contributed by atoms with Gasteiger partial charge in [-0.05, 0) is 5.56 Å². The van der Waals surface area contributed by atoms with Crippen molar-refractivity contribution in [2.75, 3.05) is 6.61 Å². The van der Waals surface area contributed by atoms with E-state index in [0.29, 0.717) is 0 Å². The lowest BCUT2D eigenvalue weighted by Crippen LogP contribution is -2.38. The van der Waals surface area contributed by atoms with Crippen molar-refractivity contribution in [2.24, 2.45) is 0 Å². The van der Waals surface area contributed by atoms with E-state index in [1.165, 1.54) is 0 Å². The minimum atomic E-state index is -1.45. The van der Waals surface area contributed by atoms with Gasteiger partial charge in [-0.25, -0.2) is 4.68 Å². The molecule has 2 rings (SSSR count). The summed E-state index contributed by atoms with van der Waals surface area (Å²) in [5.74, 6) is 0. The maximum absolute atomic E-state index is 9.57. The highest BCUT2D eigenvalue weighted by Crippen LogP contribution is 2.15. The lowest BCUT2D eigenvalue weighted by atomic mass is 10.1. The van der Waals surface area contributed by atoms with Gasteiger partial charge in [0.1, 0.15) is 14.1 Å². The Bertz CT molecular complexity index is 504. The Hall–Kier alpha value is -1.46. The van der Waals surface area contributed by atoms with Crippen LogP contribution in [0.2, 0.25) is 19.6 Å². The molecular weight excluding hydrogens is 242 g/mol. The lowest BCUT2D eigenvalue weighted by molar-refractivity contribution is 0.239. The van der Waals surface area contributed by atoms with Gasteiger partial charge in [0.15, 0.2) is 0 Å². The van der Waals surface area contributed by atoms with Crippen LogP contribution in [-0.2, 0) is 0 Å². The lowest BCUT2D eigenvalue weighted by Gasteiger charge is -2.15. The molecule has 4 nitrogen and oxygen atoms in total. The molecule has 0 radical (unpaired) electrons. The second kappa shape index (κ2) is 5.03. The maximum atomic E-state index is 9.57. The van der Waals surface area contributed by atoms with Crippen molar-refractivity contribution in [3.63, 3.8) is 0 Å². The second-order valence-electron chi connectivity index (χ2n) is 5.44. The van der Waals surface area contributed by atoms with Crippen molar-refractivity contribution in [3.8, 4) is 0 Å². The van der Waals surface area contributed by atoms with Crippen LogP contribution in [0.4, 0.5) is 0 Å². The fourth-order valence-corrected chi connectivity index (χ4v) is 2.65. The van der Waals surface area contributed by atoms with Crippen molar-refractivity contribution in [1.82, 2.24) is 15.0 Å². The molecule has 0 spiro atoms. The summed E-state index contributed by atoms with van der Waals surface area (Å²) in [6.45, 7) is 6.73. The predicted molar refractivity (Wildman–Crippen MR) is 74.7 cm³/mol. The third-order valence-electron chi connectivity index (χ3n) is 2.96. The first-order chi connectivity index (χ1) is 8.52. The van der Waals surface area contributed by atoms with Gasteiger partial charge >= 0.3 is 0 Å². The Kier molecular flexibility index (Phi) is 3.63. The molecular formula is C13H19N3OSi. The molecule has 5 heteroatoms. The number of benzene rings is 1. The molecule has 2 aromatic rings. The van der Waals surface area contributed by atoms with Crippen molar-refractivity contribution in [2.45, 2.75) is 25.7 Å². The largest absolute Gasteiger partial charge is 0.394 e. The Balaban J connectivity index is 2.32. The van der Waals surface area contributed by atoms with Crippen LogP contribution in [0.15, 0.2) is 36.5 Å². The summed E-state index contributed by atoms with van der Waals surface area (Å²) < 4.78 is 1.77. The summed E-state index contributed by atoms with van der Waals surface area (Å²) >= 11 is 0. The van der Waals surface area contributed by atoms with Crippen molar-refractivity contribution in [1.29, 1.82) is 0 Å². The van der Waals surface area contributed by atoms with E-state index < -0.39 is 8.07 Å². The Morgan fingerprint density at radius 2 is 1.89 bits per heavy atom. The number of hydrogen-bond donors (Lipinski definition) is 1. The fourth-order valence-electron chi connectivity index (χ4n) is 1.79. The first-order valence-corrected chi connectivity index (χ1v) is 9.60. The third-order valence-corrected chi connectivity index (χ3v) is 4.72. The molecule has 0 aliphatic carbocycles. The molecule has 1 N–H and O–H groups in total. The third kappa shape index (κ3) is 2.68. The smallest absolute Gasteiger partial charge is 0.106 e. The maximum Gasteiger partial charge on any atom is 0.106 e. The summed E-state index contributed by atoms with van der Waals surface area (Å²) in [6, 6.07) is 9.74. The molecule has 0 amide bonds. The van der Waals surface area contributed by atoms with E-state index in [2.05, 4.69) is 30.0 Å². The molecule has 0 aliphatic heterocycles. The zero-order valence-corrected chi connectivity index (χ0v) is 12.0. The van der Waals surface area contributed by atoms with Gasteiger partial charge in [-0.2, -0.15) is 0 Å². The number of hydrogen-bond acceptors (Lipinski definition) is 3. The average Bonchev–Trinajstić information content (AvgIpc) is 2.81. The summed E-state index contributed by atoms with van der Waals surface area (Å²) in [6.07, 6.45) is 1.97. The first kappa shape index (κ1) is 13.0. The normalized spacial score (nSPS) is 13.6. The Morgan fingerprint density at radius 3 is 2.39 bits per heavy atom. The molecule has 96 valence electrons. The quantitative estimate of drug-likeness (QED) is 0.847. The minimum Gasteiger partial charge on any atom is -0.394 e. The number of aliphatic hydroxyl groups is 1. The van der Waals surface area contributed by atoms with Crippen LogP contribution in [0.25, 0.3) is 0 Å². The minimum absolute atomic E-state index is 0.0263. The SMILES string of the molecule is C[Si](C)(C)c1cn(C(CO)c2ccccc2)nn1. The van der Waals surface area contributed by atoms with Gasteiger partial charge in [-0.1, -0.05) is 55.2 Å². The molecule has 1 unspecified atom stereocenters. The molecule has 1 aromatic carbocycles. The van der Waals surface area contributed by atoms with Crippen molar-refractivity contribution >= 4 is 13.4 Å². The molecule has 0 aliphatic rings. The molecule has 1 heterocycles. The van der Waals surface area contributed by atoms with E-state index >= 15 is 0 Å². The van der Waals surface area contributed by atoms with Crippen LogP contribution in [0.3, 0.4) is 0 Å². The fraction of sp³-hybridized carbons (Fsp3) is 0.385. The molecule has 0 saturated carbocycles. The standard InChI is InChI=1S/C13H19N3OSi/c1-18(2,3)13-9-16(15-14-13)12(10-17)11-7-5-4-6-8-11/h4-9,12,17H,10H2,1-3H3. The average molecular weight is 261 g/mol. The predicted octanol–water partition coefficient (Wildman–Crippen LogP) is 1.40. The summed E-state index contributed by atoms with van der Waals surface area (Å²) in [7, 11) is -1.45. The number of aliphatic hydroxyl groups excluding tert-OH is 1. The zero-order chi connectivity index (χ0) is 13.2. The number of aromatic nitrogens is 3. The van der Waals surface area contributed by atoms with Crippen LogP contribution in [0.1, 0.15) is 11.6 Å². The molecule has 0 bridgehead atoms. The summed E-state index contributed by atoms with van der Waals surface area (Å²) in [5, 5.41) is 19.1. The van der Waals surface area contributed by atoms with Gasteiger partial charge < -0.3 is 5.11 Å². The number of nitrogens with zero attached hydrogens (tertiary/aromatic N) is 3.